The number of anilines is 2. The van der Waals surface area contributed by atoms with E-state index < -0.39 is 11.5 Å². The first kappa shape index (κ1) is 19.6. The van der Waals surface area contributed by atoms with Gasteiger partial charge in [0.25, 0.3) is 5.56 Å². The van der Waals surface area contributed by atoms with Gasteiger partial charge in [0.2, 0.25) is 5.91 Å². The van der Waals surface area contributed by atoms with E-state index in [4.69, 9.17) is 4.74 Å². The molecule has 0 unspecified atom stereocenters. The van der Waals surface area contributed by atoms with Gasteiger partial charge in [0.05, 0.1) is 18.9 Å². The number of hydrogen-bond donors (Lipinski definition) is 1. The Morgan fingerprint density at radius 3 is 2.63 bits per heavy atom. The van der Waals surface area contributed by atoms with E-state index in [1.54, 1.807) is 18.2 Å². The number of rotatable bonds is 5. The fraction of sp³-hybridized carbons (Fsp3) is 0.250. The third-order valence-corrected chi connectivity index (χ3v) is 4.56. The molecule has 4 rings (SSSR count). The van der Waals surface area contributed by atoms with Crippen LogP contribution in [0.1, 0.15) is 0 Å². The molecule has 0 spiro atoms. The highest BCUT2D eigenvalue weighted by molar-refractivity contribution is 5.89. The lowest BCUT2D eigenvalue weighted by atomic mass is 10.1. The molecule has 3 aromatic rings. The molecule has 0 bridgehead atoms. The molecule has 1 saturated heterocycles. The summed E-state index contributed by atoms with van der Waals surface area (Å²) in [5, 5.41) is 6.88. The second-order valence-electron chi connectivity index (χ2n) is 6.63. The van der Waals surface area contributed by atoms with Crippen molar-refractivity contribution >= 4 is 17.5 Å². The highest BCUT2D eigenvalue weighted by Gasteiger charge is 2.14. The minimum Gasteiger partial charge on any atom is -0.378 e. The Morgan fingerprint density at radius 2 is 1.87 bits per heavy atom. The predicted molar refractivity (Wildman–Crippen MR) is 108 cm³/mol. The van der Waals surface area contributed by atoms with Crippen molar-refractivity contribution in [3.05, 3.63) is 65.0 Å². The number of aromatic nitrogens is 4. The Morgan fingerprint density at radius 1 is 1.10 bits per heavy atom. The number of carbonyl (C=O) groups excluding carboxylic acids is 1. The fourth-order valence-electron chi connectivity index (χ4n) is 3.04. The van der Waals surface area contributed by atoms with Gasteiger partial charge in [0.1, 0.15) is 30.3 Å². The molecule has 9 nitrogen and oxygen atoms in total. The highest BCUT2D eigenvalue weighted by atomic mass is 19.1. The summed E-state index contributed by atoms with van der Waals surface area (Å²) in [5.74, 6) is 0.205. The maximum Gasteiger partial charge on any atom is 0.267 e. The van der Waals surface area contributed by atoms with Crippen LogP contribution in [-0.4, -0.2) is 52.0 Å². The molecular weight excluding hydrogens is 391 g/mol. The lowest BCUT2D eigenvalue weighted by Gasteiger charge is -2.27. The zero-order valence-corrected chi connectivity index (χ0v) is 16.0. The SMILES string of the molecule is O=C(Cn1nc(-c2ccc(F)cc2)ccc1=O)Nc1cc(N2CCOCC2)ncn1. The summed E-state index contributed by atoms with van der Waals surface area (Å²) in [6.45, 7) is 2.36. The average Bonchev–Trinajstić information content (AvgIpc) is 2.77. The van der Waals surface area contributed by atoms with Gasteiger partial charge in [0, 0.05) is 30.8 Å². The molecule has 1 aliphatic rings. The standard InChI is InChI=1S/C20H19FN6O3/c21-15-3-1-14(2-4-15)16-5-6-20(29)27(25-16)12-19(28)24-17-11-18(23-13-22-17)26-7-9-30-10-8-26/h1-6,11,13H,7-10,12H2,(H,22,23,24,28). The number of nitrogens with one attached hydrogen (secondary N) is 1. The van der Waals surface area contributed by atoms with Gasteiger partial charge in [-0.15, -0.1) is 0 Å². The van der Waals surface area contributed by atoms with Crippen LogP contribution in [0.25, 0.3) is 11.3 Å². The molecule has 0 atom stereocenters. The van der Waals surface area contributed by atoms with Crippen LogP contribution in [0.2, 0.25) is 0 Å². The molecule has 1 aliphatic heterocycles. The lowest BCUT2D eigenvalue weighted by molar-refractivity contribution is -0.117. The van der Waals surface area contributed by atoms with E-state index in [1.807, 2.05) is 4.90 Å². The van der Waals surface area contributed by atoms with Crippen LogP contribution in [0, 0.1) is 5.82 Å². The van der Waals surface area contributed by atoms with Crippen molar-refractivity contribution in [2.45, 2.75) is 6.54 Å². The Kier molecular flexibility index (Phi) is 5.75. The first-order chi connectivity index (χ1) is 14.6. The van der Waals surface area contributed by atoms with E-state index in [9.17, 15) is 14.0 Å². The molecule has 2 aromatic heterocycles. The number of halogens is 1. The Labute approximate surface area is 171 Å². The number of carbonyl (C=O) groups is 1. The number of morpholine rings is 1. The Bertz CT molecular complexity index is 1100. The van der Waals surface area contributed by atoms with Gasteiger partial charge in [-0.2, -0.15) is 5.10 Å². The van der Waals surface area contributed by atoms with Crippen LogP contribution >= 0.6 is 0 Å². The third-order valence-electron chi connectivity index (χ3n) is 4.56. The summed E-state index contributed by atoms with van der Waals surface area (Å²) in [6.07, 6.45) is 1.37. The van der Waals surface area contributed by atoms with Gasteiger partial charge >= 0.3 is 0 Å². The largest absolute Gasteiger partial charge is 0.378 e. The van der Waals surface area contributed by atoms with Crippen LogP contribution in [0.4, 0.5) is 16.0 Å². The Balaban J connectivity index is 1.47. The maximum atomic E-state index is 13.1. The monoisotopic (exact) mass is 410 g/mol. The minimum atomic E-state index is -0.451. The van der Waals surface area contributed by atoms with Crippen LogP contribution in [-0.2, 0) is 16.1 Å². The van der Waals surface area contributed by atoms with Crippen molar-refractivity contribution < 1.29 is 13.9 Å². The first-order valence-corrected chi connectivity index (χ1v) is 9.37. The van der Waals surface area contributed by atoms with Gasteiger partial charge in [0.15, 0.2) is 0 Å². The van der Waals surface area contributed by atoms with Gasteiger partial charge < -0.3 is 15.0 Å². The van der Waals surface area contributed by atoms with Crippen LogP contribution in [0.3, 0.4) is 0 Å². The molecule has 3 heterocycles. The second kappa shape index (κ2) is 8.78. The first-order valence-electron chi connectivity index (χ1n) is 9.37. The molecule has 30 heavy (non-hydrogen) atoms. The smallest absolute Gasteiger partial charge is 0.267 e. The summed E-state index contributed by atoms with van der Waals surface area (Å²) in [6, 6.07) is 10.2. The highest BCUT2D eigenvalue weighted by Crippen LogP contribution is 2.17. The van der Waals surface area contributed by atoms with Crippen LogP contribution < -0.4 is 15.8 Å². The van der Waals surface area contributed by atoms with Crippen molar-refractivity contribution in [2.24, 2.45) is 0 Å². The molecule has 154 valence electrons. The minimum absolute atomic E-state index is 0.287. The number of amides is 1. The molecule has 10 heteroatoms. The molecule has 0 saturated carbocycles. The Hall–Kier alpha value is -3.66. The third kappa shape index (κ3) is 4.66. The number of ether oxygens (including phenoxy) is 1. The van der Waals surface area contributed by atoms with E-state index in [0.29, 0.717) is 49.2 Å². The quantitative estimate of drug-likeness (QED) is 0.677. The number of hydrogen-bond acceptors (Lipinski definition) is 7. The number of nitrogens with zero attached hydrogens (tertiary/aromatic N) is 5. The zero-order chi connectivity index (χ0) is 20.9. The molecular formula is C20H19FN6O3. The van der Waals surface area contributed by atoms with Crippen molar-refractivity contribution in [3.8, 4) is 11.3 Å². The van der Waals surface area contributed by atoms with Crippen molar-refractivity contribution in [1.29, 1.82) is 0 Å². The summed E-state index contributed by atoms with van der Waals surface area (Å²) < 4.78 is 19.5. The van der Waals surface area contributed by atoms with Crippen LogP contribution in [0.5, 0.6) is 0 Å². The van der Waals surface area contributed by atoms with Crippen molar-refractivity contribution in [3.63, 3.8) is 0 Å². The molecule has 1 amide bonds. The maximum absolute atomic E-state index is 13.1. The van der Waals surface area contributed by atoms with Crippen molar-refractivity contribution in [1.82, 2.24) is 19.7 Å². The predicted octanol–water partition coefficient (Wildman–Crippen LogP) is 1.31. The zero-order valence-electron chi connectivity index (χ0n) is 16.0. The van der Waals surface area contributed by atoms with E-state index in [1.165, 1.54) is 30.6 Å². The van der Waals surface area contributed by atoms with E-state index in [-0.39, 0.29) is 12.4 Å². The summed E-state index contributed by atoms with van der Waals surface area (Å²) in [4.78, 5) is 34.9. The van der Waals surface area contributed by atoms with Gasteiger partial charge in [-0.25, -0.2) is 19.0 Å². The van der Waals surface area contributed by atoms with Gasteiger partial charge in [-0.05, 0) is 30.3 Å². The van der Waals surface area contributed by atoms with E-state index in [0.717, 1.165) is 4.68 Å². The lowest BCUT2D eigenvalue weighted by Crippen LogP contribution is -2.36. The average molecular weight is 410 g/mol. The van der Waals surface area contributed by atoms with Crippen molar-refractivity contribution in [2.75, 3.05) is 36.5 Å². The van der Waals surface area contributed by atoms with E-state index in [2.05, 4.69) is 20.4 Å². The second-order valence-corrected chi connectivity index (χ2v) is 6.63. The summed E-state index contributed by atoms with van der Waals surface area (Å²) in [5.41, 5.74) is 0.670. The number of benzene rings is 1. The van der Waals surface area contributed by atoms with E-state index >= 15 is 0 Å². The summed E-state index contributed by atoms with van der Waals surface area (Å²) >= 11 is 0. The molecule has 0 aliphatic carbocycles. The molecule has 1 fully saturated rings. The van der Waals surface area contributed by atoms with Gasteiger partial charge in [-0.3, -0.25) is 9.59 Å². The fourth-order valence-corrected chi connectivity index (χ4v) is 3.04. The van der Waals surface area contributed by atoms with Crippen LogP contribution in [0.15, 0.2) is 53.6 Å². The molecule has 0 radical (unpaired) electrons. The molecule has 1 aromatic carbocycles. The molecule has 1 N–H and O–H groups in total. The summed E-state index contributed by atoms with van der Waals surface area (Å²) in [7, 11) is 0. The van der Waals surface area contributed by atoms with Gasteiger partial charge in [-0.1, -0.05) is 0 Å². The normalized spacial score (nSPS) is 13.8. The topological polar surface area (TPSA) is 102 Å².